The molecule has 2 aromatic rings. The van der Waals surface area contributed by atoms with E-state index in [4.69, 9.17) is 5.11 Å². The van der Waals surface area contributed by atoms with Crippen LogP contribution >= 0.6 is 7.81 Å². The van der Waals surface area contributed by atoms with E-state index in [1.807, 2.05) is 18.2 Å². The Morgan fingerprint density at radius 1 is 0.783 bits per heavy atom. The zero-order valence-electron chi connectivity index (χ0n) is 11.7. The minimum Gasteiger partial charge on any atom is -0.508 e. The molecule has 0 bridgehead atoms. The third-order valence-electron chi connectivity index (χ3n) is 2.39. The van der Waals surface area contributed by atoms with Gasteiger partial charge in [-0.05, 0) is 29.8 Å². The number of rotatable bonds is 4. The number of halogens is 6. The van der Waals surface area contributed by atoms with Crippen molar-refractivity contribution in [3.63, 3.8) is 0 Å². The molecule has 0 aliphatic rings. The molecule has 0 fully saturated rings. The van der Waals surface area contributed by atoms with E-state index in [0.717, 1.165) is 12.2 Å². The molecule has 130 valence electrons. The van der Waals surface area contributed by atoms with Crippen LogP contribution in [-0.4, -0.2) is 10.9 Å². The molecule has 0 amide bonds. The van der Waals surface area contributed by atoms with Gasteiger partial charge < -0.3 is 5.11 Å². The second-order valence-corrected chi connectivity index (χ2v) is 7.79. The zero-order chi connectivity index (χ0) is 17.6. The topological polar surface area (TPSA) is 20.2 Å². The molecule has 0 spiro atoms. The molecular formula is C14H15F6OPS. The first kappa shape index (κ1) is 19.6. The number of hydrogen-bond acceptors (Lipinski definition) is 1. The average Bonchev–Trinajstić information content (AvgIpc) is 2.39. The number of benzene rings is 2. The van der Waals surface area contributed by atoms with Gasteiger partial charge in [-0.2, -0.15) is 0 Å². The summed E-state index contributed by atoms with van der Waals surface area (Å²) in [4.78, 5) is 1.26. The van der Waals surface area contributed by atoms with Crippen molar-refractivity contribution in [1.82, 2.24) is 0 Å². The van der Waals surface area contributed by atoms with Crippen LogP contribution in [0.4, 0.5) is 25.2 Å². The van der Waals surface area contributed by atoms with E-state index in [-0.39, 0.29) is 0 Å². The third-order valence-corrected chi connectivity index (χ3v) is 3.50. The van der Waals surface area contributed by atoms with Gasteiger partial charge in [0.2, 0.25) is 0 Å². The normalized spacial score (nSPS) is 14.2. The molecule has 0 aromatic heterocycles. The molecule has 0 aliphatic heterocycles. The van der Waals surface area contributed by atoms with Crippen LogP contribution in [0.15, 0.2) is 59.5 Å². The molecule has 0 aliphatic carbocycles. The smallest absolute Gasteiger partial charge is 0.152 e. The molecule has 2 rings (SSSR count). The van der Waals surface area contributed by atoms with Crippen molar-refractivity contribution in [2.24, 2.45) is 0 Å². The monoisotopic (exact) mass is 376 g/mol. The summed E-state index contributed by atoms with van der Waals surface area (Å²) in [5, 5.41) is 9.16. The van der Waals surface area contributed by atoms with E-state index in [1.165, 1.54) is 22.2 Å². The van der Waals surface area contributed by atoms with Crippen LogP contribution < -0.4 is 0 Å². The summed E-state index contributed by atoms with van der Waals surface area (Å²) in [6.45, 7) is 0. The Labute approximate surface area is 133 Å². The van der Waals surface area contributed by atoms with Crippen LogP contribution in [0.5, 0.6) is 5.75 Å². The largest absolute Gasteiger partial charge is 0.508 e. The van der Waals surface area contributed by atoms with Crippen molar-refractivity contribution in [2.45, 2.75) is 11.3 Å². The summed E-state index contributed by atoms with van der Waals surface area (Å²) in [5.74, 6) is 1.46. The molecule has 1 N–H and O–H groups in total. The minimum atomic E-state index is -10.7. The summed E-state index contributed by atoms with van der Waals surface area (Å²) in [6, 6.07) is 17.9. The fourth-order valence-electron chi connectivity index (χ4n) is 1.52. The maximum atomic E-state index is 9.87. The van der Waals surface area contributed by atoms with Crippen molar-refractivity contribution < 1.29 is 30.3 Å². The van der Waals surface area contributed by atoms with Gasteiger partial charge in [-0.25, -0.2) is 0 Å². The molecule has 0 atom stereocenters. The van der Waals surface area contributed by atoms with E-state index >= 15 is 0 Å². The van der Waals surface area contributed by atoms with Crippen molar-refractivity contribution in [3.05, 3.63) is 60.2 Å². The van der Waals surface area contributed by atoms with E-state index in [2.05, 4.69) is 24.3 Å². The molecule has 0 saturated heterocycles. The molecule has 0 heterocycles. The van der Waals surface area contributed by atoms with Crippen molar-refractivity contribution >= 4 is 19.6 Å². The van der Waals surface area contributed by atoms with E-state index in [0.29, 0.717) is 5.75 Å². The summed E-state index contributed by atoms with van der Waals surface area (Å²) in [5.41, 5.74) is 1.38. The van der Waals surface area contributed by atoms with Gasteiger partial charge in [0, 0.05) is 18.2 Å². The van der Waals surface area contributed by atoms with E-state index in [1.54, 1.807) is 12.1 Å². The third kappa shape index (κ3) is 14.0. The Morgan fingerprint density at radius 3 is 1.74 bits per heavy atom. The van der Waals surface area contributed by atoms with Crippen LogP contribution in [-0.2, 0) is 18.2 Å². The Balaban J connectivity index is 0.000000322. The van der Waals surface area contributed by atoms with Gasteiger partial charge in [0.05, 0.1) is 0 Å². The fraction of sp³-hybridized carbons (Fsp3) is 0.143. The van der Waals surface area contributed by atoms with E-state index < -0.39 is 7.81 Å². The van der Waals surface area contributed by atoms with Crippen LogP contribution in [0.25, 0.3) is 0 Å². The van der Waals surface area contributed by atoms with E-state index in [9.17, 15) is 25.2 Å². The van der Waals surface area contributed by atoms with Gasteiger partial charge >= 0.3 is 33.0 Å². The first-order chi connectivity index (χ1) is 10.3. The first-order valence-corrected chi connectivity index (χ1v) is 9.47. The summed E-state index contributed by atoms with van der Waals surface area (Å²) < 4.78 is 59.2. The number of aromatic hydroxyl groups is 1. The van der Waals surface area contributed by atoms with Crippen LogP contribution in [0, 0.1) is 0 Å². The fourth-order valence-corrected chi connectivity index (χ4v) is 2.50. The molecule has 0 radical (unpaired) electrons. The summed E-state index contributed by atoms with van der Waals surface area (Å²) in [6.07, 6.45) is 1.10. The predicted molar refractivity (Wildman–Crippen MR) is 83.7 cm³/mol. The van der Waals surface area contributed by atoms with Gasteiger partial charge in [-0.15, -0.1) is 0 Å². The van der Waals surface area contributed by atoms with Gasteiger partial charge in [0.1, 0.15) is 11.5 Å². The maximum Gasteiger partial charge on any atom is 0.152 e. The van der Waals surface area contributed by atoms with Crippen LogP contribution in [0.1, 0.15) is 5.56 Å². The Hall–Kier alpha value is -1.40. The number of phenolic OH excluding ortho intramolecular Hbond substituents is 1. The number of phenols is 1. The molecule has 2 aromatic carbocycles. The molecule has 0 saturated carbocycles. The number of thiol groups is 1. The van der Waals surface area contributed by atoms with Crippen LogP contribution in [0.2, 0.25) is 0 Å². The van der Waals surface area contributed by atoms with Crippen molar-refractivity contribution in [1.29, 1.82) is 0 Å². The Morgan fingerprint density at radius 2 is 1.26 bits per heavy atom. The molecular weight excluding hydrogens is 361 g/mol. The van der Waals surface area contributed by atoms with Crippen molar-refractivity contribution in [2.75, 3.05) is 5.75 Å². The second-order valence-electron chi connectivity index (χ2n) is 4.59. The summed E-state index contributed by atoms with van der Waals surface area (Å²) >= 11 is 1.31. The number of hydrogen-bond donors (Lipinski definition) is 1. The predicted octanol–water partition coefficient (Wildman–Crippen LogP) is 6.19. The van der Waals surface area contributed by atoms with Gasteiger partial charge in [-0.3, -0.25) is 0 Å². The first-order valence-electron chi connectivity index (χ1n) is 6.36. The standard InChI is InChI=1S/C14H14OS.F6P/c15-13-6-8-14(9-7-13)16-11-10-12-4-2-1-3-5-12;1-7(2,3,4,5)6/h1-9,15H,10-11H2;/q;-1/p+1. The van der Waals surface area contributed by atoms with Gasteiger partial charge in [0.25, 0.3) is 0 Å². The Kier molecular flexibility index (Phi) is 5.65. The van der Waals surface area contributed by atoms with Gasteiger partial charge in [-0.1, -0.05) is 30.3 Å². The molecule has 0 unspecified atom stereocenters. The summed E-state index contributed by atoms with van der Waals surface area (Å²) in [7, 11) is -10.7. The zero-order valence-corrected chi connectivity index (χ0v) is 13.5. The van der Waals surface area contributed by atoms with Crippen molar-refractivity contribution in [3.8, 4) is 5.75 Å². The molecule has 1 nitrogen and oxygen atoms in total. The maximum absolute atomic E-state index is 10.7. The van der Waals surface area contributed by atoms with Gasteiger partial charge in [0.15, 0.2) is 4.90 Å². The second kappa shape index (κ2) is 6.61. The quantitative estimate of drug-likeness (QED) is 0.292. The minimum absolute atomic E-state index is 0.335. The molecule has 23 heavy (non-hydrogen) atoms. The molecule has 9 heteroatoms. The Bertz CT molecular complexity index is 601. The number of aryl methyl sites for hydroxylation is 1. The van der Waals surface area contributed by atoms with Crippen LogP contribution in [0.3, 0.4) is 0 Å². The SMILES string of the molecule is F[P-](F)(F)(F)(F)F.Oc1ccc([SH+]CCc2ccccc2)cc1. The average molecular weight is 376 g/mol.